The number of carbonyl (C=O) groups excluding carboxylic acids is 2. The highest BCUT2D eigenvalue weighted by Crippen LogP contribution is 2.08. The standard InChI is InChI=1S/C13H17N5O3/c1-4-21-12(20)6-15-11(19)7-18(8-14)13-16-9(2)5-10(3)17-13/h5H,4,6-7H2,1-3H3,(H,15,19). The molecule has 8 nitrogen and oxygen atoms in total. The summed E-state index contributed by atoms with van der Waals surface area (Å²) < 4.78 is 4.68. The van der Waals surface area contributed by atoms with E-state index in [4.69, 9.17) is 5.26 Å². The summed E-state index contributed by atoms with van der Waals surface area (Å²) in [5.74, 6) is -0.870. The summed E-state index contributed by atoms with van der Waals surface area (Å²) in [4.78, 5) is 32.1. The maximum absolute atomic E-state index is 11.7. The van der Waals surface area contributed by atoms with Crippen molar-refractivity contribution in [3.05, 3.63) is 17.5 Å². The number of rotatable bonds is 6. The summed E-state index contributed by atoms with van der Waals surface area (Å²) in [6, 6.07) is 1.76. The van der Waals surface area contributed by atoms with Gasteiger partial charge in [0.1, 0.15) is 13.1 Å². The van der Waals surface area contributed by atoms with Crippen molar-refractivity contribution >= 4 is 17.8 Å². The fraction of sp³-hybridized carbons (Fsp3) is 0.462. The summed E-state index contributed by atoms with van der Waals surface area (Å²) in [7, 11) is 0. The van der Waals surface area contributed by atoms with Crippen LogP contribution in [0.4, 0.5) is 5.95 Å². The molecule has 0 atom stereocenters. The largest absolute Gasteiger partial charge is 0.465 e. The molecule has 0 bridgehead atoms. The lowest BCUT2D eigenvalue weighted by molar-refractivity contribution is -0.143. The first-order valence-electron chi connectivity index (χ1n) is 6.38. The molecule has 112 valence electrons. The molecule has 21 heavy (non-hydrogen) atoms. The van der Waals surface area contributed by atoms with Crippen LogP contribution in [0.2, 0.25) is 0 Å². The lowest BCUT2D eigenvalue weighted by Gasteiger charge is -2.14. The third-order valence-electron chi connectivity index (χ3n) is 2.37. The Morgan fingerprint density at radius 2 is 2.00 bits per heavy atom. The zero-order chi connectivity index (χ0) is 15.8. The van der Waals surface area contributed by atoms with Crippen LogP contribution in [-0.2, 0) is 14.3 Å². The van der Waals surface area contributed by atoms with Gasteiger partial charge in [-0.15, -0.1) is 0 Å². The van der Waals surface area contributed by atoms with E-state index in [1.165, 1.54) is 0 Å². The average molecular weight is 291 g/mol. The van der Waals surface area contributed by atoms with Crippen molar-refractivity contribution in [2.75, 3.05) is 24.6 Å². The molecule has 1 amide bonds. The number of nitriles is 1. The molecule has 0 aliphatic rings. The highest BCUT2D eigenvalue weighted by Gasteiger charge is 2.15. The van der Waals surface area contributed by atoms with Crippen molar-refractivity contribution < 1.29 is 14.3 Å². The molecule has 0 fully saturated rings. The summed E-state index contributed by atoms with van der Waals surface area (Å²) >= 11 is 0. The van der Waals surface area contributed by atoms with Crippen molar-refractivity contribution in [3.63, 3.8) is 0 Å². The van der Waals surface area contributed by atoms with E-state index in [0.717, 1.165) is 4.90 Å². The van der Waals surface area contributed by atoms with Crippen LogP contribution in [0.5, 0.6) is 0 Å². The number of hydrogen-bond donors (Lipinski definition) is 1. The van der Waals surface area contributed by atoms with Crippen LogP contribution in [-0.4, -0.2) is 41.5 Å². The Morgan fingerprint density at radius 1 is 1.38 bits per heavy atom. The van der Waals surface area contributed by atoms with Gasteiger partial charge in [-0.2, -0.15) is 5.26 Å². The van der Waals surface area contributed by atoms with Gasteiger partial charge in [0.15, 0.2) is 6.19 Å². The average Bonchev–Trinajstić information content (AvgIpc) is 2.41. The third kappa shape index (κ3) is 5.44. The van der Waals surface area contributed by atoms with Crippen molar-refractivity contribution in [3.8, 4) is 6.19 Å². The van der Waals surface area contributed by atoms with Gasteiger partial charge in [-0.3, -0.25) is 9.59 Å². The highest BCUT2D eigenvalue weighted by molar-refractivity contribution is 5.85. The first-order chi connectivity index (χ1) is 9.96. The van der Waals surface area contributed by atoms with Gasteiger partial charge < -0.3 is 10.1 Å². The predicted octanol–water partition coefficient (Wildman–Crippen LogP) is 0.0602. The second-order valence-corrected chi connectivity index (χ2v) is 4.22. The lowest BCUT2D eigenvalue weighted by Crippen LogP contribution is -2.38. The summed E-state index contributed by atoms with van der Waals surface area (Å²) in [5.41, 5.74) is 1.40. The van der Waals surface area contributed by atoms with E-state index in [9.17, 15) is 9.59 Å². The minimum atomic E-state index is -0.531. The van der Waals surface area contributed by atoms with E-state index >= 15 is 0 Å². The summed E-state index contributed by atoms with van der Waals surface area (Å²) in [6.45, 7) is 4.96. The fourth-order valence-electron chi connectivity index (χ4n) is 1.56. The second kappa shape index (κ2) is 7.79. The molecular formula is C13H17N5O3. The van der Waals surface area contributed by atoms with Gasteiger partial charge in [-0.05, 0) is 26.8 Å². The van der Waals surface area contributed by atoms with Gasteiger partial charge in [0, 0.05) is 11.4 Å². The Bertz CT molecular complexity index is 547. The second-order valence-electron chi connectivity index (χ2n) is 4.22. The summed E-state index contributed by atoms with van der Waals surface area (Å²) in [5, 5.41) is 11.5. The minimum absolute atomic E-state index is 0.154. The molecule has 1 aromatic heterocycles. The Hall–Kier alpha value is -2.69. The van der Waals surface area contributed by atoms with Crippen LogP contribution in [0.15, 0.2) is 6.07 Å². The zero-order valence-electron chi connectivity index (χ0n) is 12.2. The molecular weight excluding hydrogens is 274 g/mol. The Kier molecular flexibility index (Phi) is 6.07. The molecule has 0 aliphatic carbocycles. The monoisotopic (exact) mass is 291 g/mol. The highest BCUT2D eigenvalue weighted by atomic mass is 16.5. The van der Waals surface area contributed by atoms with Crippen LogP contribution in [0.3, 0.4) is 0 Å². The minimum Gasteiger partial charge on any atom is -0.465 e. The maximum atomic E-state index is 11.7. The van der Waals surface area contributed by atoms with Crippen LogP contribution in [0.25, 0.3) is 0 Å². The number of nitrogens with one attached hydrogen (secondary N) is 1. The fourth-order valence-corrected chi connectivity index (χ4v) is 1.56. The molecule has 0 aromatic carbocycles. The van der Waals surface area contributed by atoms with Crippen LogP contribution in [0.1, 0.15) is 18.3 Å². The molecule has 8 heteroatoms. The topological polar surface area (TPSA) is 108 Å². The van der Waals surface area contributed by atoms with E-state index in [0.29, 0.717) is 11.4 Å². The molecule has 1 aromatic rings. The number of aromatic nitrogens is 2. The van der Waals surface area contributed by atoms with Gasteiger partial charge in [0.05, 0.1) is 6.61 Å². The first kappa shape index (κ1) is 16.4. The van der Waals surface area contributed by atoms with E-state index in [2.05, 4.69) is 20.0 Å². The van der Waals surface area contributed by atoms with Crippen molar-refractivity contribution in [2.24, 2.45) is 0 Å². The molecule has 0 radical (unpaired) electrons. The van der Waals surface area contributed by atoms with Crippen LogP contribution >= 0.6 is 0 Å². The number of anilines is 1. The molecule has 1 rings (SSSR count). The number of nitrogens with zero attached hydrogens (tertiary/aromatic N) is 4. The van der Waals surface area contributed by atoms with E-state index < -0.39 is 11.9 Å². The predicted molar refractivity (Wildman–Crippen MR) is 74.1 cm³/mol. The first-order valence-corrected chi connectivity index (χ1v) is 6.38. The van der Waals surface area contributed by atoms with Crippen molar-refractivity contribution in [2.45, 2.75) is 20.8 Å². The number of carbonyl (C=O) groups is 2. The maximum Gasteiger partial charge on any atom is 0.325 e. The van der Waals surface area contributed by atoms with Crippen LogP contribution in [0, 0.1) is 25.3 Å². The normalized spacial score (nSPS) is 9.62. The molecule has 0 spiro atoms. The number of hydrogen-bond acceptors (Lipinski definition) is 7. The van der Waals surface area contributed by atoms with Gasteiger partial charge in [-0.25, -0.2) is 14.9 Å². The van der Waals surface area contributed by atoms with Gasteiger partial charge in [-0.1, -0.05) is 0 Å². The Labute approximate surface area is 122 Å². The van der Waals surface area contributed by atoms with Crippen molar-refractivity contribution in [1.29, 1.82) is 5.26 Å². The SMILES string of the molecule is CCOC(=O)CNC(=O)CN(C#N)c1nc(C)cc(C)n1. The zero-order valence-corrected chi connectivity index (χ0v) is 12.2. The molecule has 0 aliphatic heterocycles. The number of aryl methyl sites for hydroxylation is 2. The number of ether oxygens (including phenoxy) is 1. The third-order valence-corrected chi connectivity index (χ3v) is 2.37. The molecule has 1 N–H and O–H groups in total. The molecule has 0 unspecified atom stereocenters. The molecule has 0 saturated carbocycles. The van der Waals surface area contributed by atoms with E-state index in [1.54, 1.807) is 26.8 Å². The molecule has 1 heterocycles. The van der Waals surface area contributed by atoms with E-state index in [-0.39, 0.29) is 25.6 Å². The smallest absolute Gasteiger partial charge is 0.325 e. The Balaban J connectivity index is 2.64. The van der Waals surface area contributed by atoms with Gasteiger partial charge in [0.25, 0.3) is 0 Å². The van der Waals surface area contributed by atoms with E-state index in [1.807, 2.05) is 6.19 Å². The number of esters is 1. The quantitative estimate of drug-likeness (QED) is 0.448. The van der Waals surface area contributed by atoms with Crippen LogP contribution < -0.4 is 10.2 Å². The Morgan fingerprint density at radius 3 is 2.52 bits per heavy atom. The van der Waals surface area contributed by atoms with Gasteiger partial charge >= 0.3 is 5.97 Å². The van der Waals surface area contributed by atoms with Crippen molar-refractivity contribution in [1.82, 2.24) is 15.3 Å². The lowest BCUT2D eigenvalue weighted by atomic mass is 10.3. The summed E-state index contributed by atoms with van der Waals surface area (Å²) in [6.07, 6.45) is 1.85. The van der Waals surface area contributed by atoms with Gasteiger partial charge in [0.2, 0.25) is 11.9 Å². The molecule has 0 saturated heterocycles. The number of amides is 1.